The molecule has 27 heavy (non-hydrogen) atoms. The van der Waals surface area contributed by atoms with Crippen LogP contribution in [0.4, 0.5) is 0 Å². The van der Waals surface area contributed by atoms with Gasteiger partial charge in [-0.15, -0.1) is 0 Å². The predicted molar refractivity (Wildman–Crippen MR) is 110 cm³/mol. The summed E-state index contributed by atoms with van der Waals surface area (Å²) in [6, 6.07) is 0.514. The van der Waals surface area contributed by atoms with Crippen molar-refractivity contribution >= 4 is 5.96 Å². The maximum absolute atomic E-state index is 5.16. The Hall–Kier alpha value is -1.63. The third kappa shape index (κ3) is 7.87. The van der Waals surface area contributed by atoms with Crippen molar-refractivity contribution < 1.29 is 4.52 Å². The predicted octanol–water partition coefficient (Wildman–Crippen LogP) is 2.77. The molecule has 1 unspecified atom stereocenters. The van der Waals surface area contributed by atoms with E-state index in [0.29, 0.717) is 23.7 Å². The first kappa shape index (κ1) is 21.7. The van der Waals surface area contributed by atoms with Crippen LogP contribution in [0, 0.1) is 12.8 Å². The zero-order valence-electron chi connectivity index (χ0n) is 17.6. The van der Waals surface area contributed by atoms with Crippen molar-refractivity contribution in [3.63, 3.8) is 0 Å². The summed E-state index contributed by atoms with van der Waals surface area (Å²) >= 11 is 0. The lowest BCUT2D eigenvalue weighted by Crippen LogP contribution is -2.44. The van der Waals surface area contributed by atoms with Crippen molar-refractivity contribution in [3.05, 3.63) is 11.7 Å². The Labute approximate surface area is 164 Å². The van der Waals surface area contributed by atoms with Gasteiger partial charge in [0.1, 0.15) is 0 Å². The van der Waals surface area contributed by atoms with Gasteiger partial charge in [-0.2, -0.15) is 4.98 Å². The van der Waals surface area contributed by atoms with Crippen LogP contribution >= 0.6 is 0 Å². The lowest BCUT2D eigenvalue weighted by atomic mass is 10.0. The Balaban J connectivity index is 1.83. The summed E-state index contributed by atoms with van der Waals surface area (Å²) in [6.07, 6.45) is 7.10. The molecule has 0 spiro atoms. The molecule has 7 nitrogen and oxygen atoms in total. The van der Waals surface area contributed by atoms with Gasteiger partial charge in [-0.05, 0) is 52.1 Å². The quantitative estimate of drug-likeness (QED) is 0.391. The first-order chi connectivity index (χ1) is 13.1. The summed E-state index contributed by atoms with van der Waals surface area (Å²) in [6.45, 7) is 13.6. The molecule has 1 atom stereocenters. The molecule has 7 heteroatoms. The highest BCUT2D eigenvalue weighted by atomic mass is 16.5. The molecule has 1 aromatic heterocycles. The minimum atomic E-state index is 0.514. The molecule has 1 aliphatic rings. The fourth-order valence-electron chi connectivity index (χ4n) is 3.59. The topological polar surface area (TPSA) is 78.6 Å². The second-order valence-electron chi connectivity index (χ2n) is 7.75. The number of nitrogens with one attached hydrogen (secondary N) is 2. The minimum Gasteiger partial charge on any atom is -0.357 e. The number of nitrogens with zero attached hydrogens (tertiary/aromatic N) is 4. The molecule has 2 N–H and O–H groups in total. The summed E-state index contributed by atoms with van der Waals surface area (Å²) in [5.41, 5.74) is 0. The van der Waals surface area contributed by atoms with Gasteiger partial charge in [-0.25, -0.2) is 0 Å². The Bertz CT molecular complexity index is 548. The molecule has 2 heterocycles. The Morgan fingerprint density at radius 1 is 1.19 bits per heavy atom. The number of likely N-dealkylation sites (tertiary alicyclic amines) is 1. The summed E-state index contributed by atoms with van der Waals surface area (Å²) < 4.78 is 5.16. The lowest BCUT2D eigenvalue weighted by molar-refractivity contribution is 0.166. The van der Waals surface area contributed by atoms with Crippen LogP contribution in [0.3, 0.4) is 0 Å². The molecule has 0 aromatic carbocycles. The first-order valence-corrected chi connectivity index (χ1v) is 10.7. The van der Waals surface area contributed by atoms with Crippen LogP contribution < -0.4 is 10.6 Å². The van der Waals surface area contributed by atoms with Gasteiger partial charge in [0.15, 0.2) is 11.8 Å². The molecular formula is C20H38N6O. The molecule has 0 saturated carbocycles. The molecule has 2 rings (SSSR count). The average Bonchev–Trinajstić information content (AvgIpc) is 2.88. The zero-order chi connectivity index (χ0) is 19.5. The molecule has 0 radical (unpaired) electrons. The summed E-state index contributed by atoms with van der Waals surface area (Å²) in [5.74, 6) is 2.91. The fourth-order valence-corrected chi connectivity index (χ4v) is 3.59. The highest BCUT2D eigenvalue weighted by Gasteiger charge is 2.22. The number of guanidine groups is 1. The lowest BCUT2D eigenvalue weighted by Gasteiger charge is -2.32. The van der Waals surface area contributed by atoms with Crippen molar-refractivity contribution in [2.45, 2.75) is 72.3 Å². The van der Waals surface area contributed by atoms with E-state index in [9.17, 15) is 0 Å². The van der Waals surface area contributed by atoms with Crippen LogP contribution in [-0.4, -0.2) is 59.8 Å². The Morgan fingerprint density at radius 3 is 2.52 bits per heavy atom. The van der Waals surface area contributed by atoms with E-state index < -0.39 is 0 Å². The standard InChI is InChI=1S/C20H38N6O/c1-5-21-20(22-12-10-11-19-24-17(4)25-27-19)23-15-18(16(2)3)26-13-8-6-7-9-14-26/h16,18H,5-15H2,1-4H3,(H2,21,22,23). The fraction of sp³-hybridized carbons (Fsp3) is 0.850. The largest absolute Gasteiger partial charge is 0.357 e. The van der Waals surface area contributed by atoms with Gasteiger partial charge in [0, 0.05) is 25.6 Å². The van der Waals surface area contributed by atoms with Crippen molar-refractivity contribution in [1.29, 1.82) is 0 Å². The first-order valence-electron chi connectivity index (χ1n) is 10.7. The molecule has 0 bridgehead atoms. The molecule has 1 saturated heterocycles. The number of rotatable bonds is 9. The van der Waals surface area contributed by atoms with E-state index in [1.807, 2.05) is 6.92 Å². The van der Waals surface area contributed by atoms with Gasteiger partial charge in [-0.1, -0.05) is 31.8 Å². The van der Waals surface area contributed by atoms with Gasteiger partial charge >= 0.3 is 0 Å². The summed E-state index contributed by atoms with van der Waals surface area (Å²) in [5, 5.41) is 10.6. The Morgan fingerprint density at radius 2 is 1.93 bits per heavy atom. The number of hydrogen-bond acceptors (Lipinski definition) is 5. The van der Waals surface area contributed by atoms with Gasteiger partial charge in [-0.3, -0.25) is 9.89 Å². The number of aromatic nitrogens is 2. The van der Waals surface area contributed by atoms with Gasteiger partial charge in [0.05, 0.1) is 6.54 Å². The van der Waals surface area contributed by atoms with E-state index in [0.717, 1.165) is 38.4 Å². The molecular weight excluding hydrogens is 340 g/mol. The van der Waals surface area contributed by atoms with Crippen LogP contribution in [0.2, 0.25) is 0 Å². The maximum Gasteiger partial charge on any atom is 0.226 e. The van der Waals surface area contributed by atoms with E-state index >= 15 is 0 Å². The van der Waals surface area contributed by atoms with Crippen molar-refractivity contribution in [1.82, 2.24) is 25.7 Å². The van der Waals surface area contributed by atoms with Crippen LogP contribution in [-0.2, 0) is 6.42 Å². The van der Waals surface area contributed by atoms with E-state index in [2.05, 4.69) is 46.4 Å². The van der Waals surface area contributed by atoms with Crippen LogP contribution in [0.15, 0.2) is 9.52 Å². The van der Waals surface area contributed by atoms with Crippen LogP contribution in [0.5, 0.6) is 0 Å². The SMILES string of the molecule is CCNC(=NCC(C(C)C)N1CCCCCC1)NCCCc1nc(C)no1. The average molecular weight is 379 g/mol. The van der Waals surface area contributed by atoms with E-state index in [4.69, 9.17) is 9.52 Å². The third-order valence-corrected chi connectivity index (χ3v) is 5.09. The van der Waals surface area contributed by atoms with E-state index in [-0.39, 0.29) is 0 Å². The smallest absolute Gasteiger partial charge is 0.226 e. The second kappa shape index (κ2) is 12.0. The zero-order valence-corrected chi connectivity index (χ0v) is 17.6. The molecule has 1 aromatic rings. The van der Waals surface area contributed by atoms with Crippen LogP contribution in [0.1, 0.15) is 64.6 Å². The minimum absolute atomic E-state index is 0.514. The summed E-state index contributed by atoms with van der Waals surface area (Å²) in [7, 11) is 0. The maximum atomic E-state index is 5.16. The number of aryl methyl sites for hydroxylation is 2. The summed E-state index contributed by atoms with van der Waals surface area (Å²) in [4.78, 5) is 11.8. The van der Waals surface area contributed by atoms with Gasteiger partial charge < -0.3 is 15.2 Å². The van der Waals surface area contributed by atoms with E-state index in [1.54, 1.807) is 0 Å². The van der Waals surface area contributed by atoms with E-state index in [1.165, 1.54) is 38.8 Å². The van der Waals surface area contributed by atoms with Crippen molar-refractivity contribution in [3.8, 4) is 0 Å². The van der Waals surface area contributed by atoms with Crippen molar-refractivity contribution in [2.24, 2.45) is 10.9 Å². The molecule has 1 fully saturated rings. The molecule has 0 amide bonds. The highest BCUT2D eigenvalue weighted by Crippen LogP contribution is 2.17. The monoisotopic (exact) mass is 378 g/mol. The normalized spacial score (nSPS) is 17.7. The Kier molecular flexibility index (Phi) is 9.59. The third-order valence-electron chi connectivity index (χ3n) is 5.09. The number of hydrogen-bond donors (Lipinski definition) is 2. The second-order valence-corrected chi connectivity index (χ2v) is 7.75. The highest BCUT2D eigenvalue weighted by molar-refractivity contribution is 5.79. The molecule has 154 valence electrons. The van der Waals surface area contributed by atoms with Gasteiger partial charge in [0.25, 0.3) is 0 Å². The number of aliphatic imine (C=N–C) groups is 1. The molecule has 0 aliphatic carbocycles. The van der Waals surface area contributed by atoms with Crippen LogP contribution in [0.25, 0.3) is 0 Å². The van der Waals surface area contributed by atoms with Crippen molar-refractivity contribution in [2.75, 3.05) is 32.7 Å². The van der Waals surface area contributed by atoms with Gasteiger partial charge in [0.2, 0.25) is 5.89 Å². The molecule has 1 aliphatic heterocycles.